The van der Waals surface area contributed by atoms with Crippen molar-refractivity contribution in [2.24, 2.45) is 5.73 Å². The van der Waals surface area contributed by atoms with Crippen molar-refractivity contribution in [3.05, 3.63) is 93.8 Å². The van der Waals surface area contributed by atoms with Gasteiger partial charge in [0.05, 0.1) is 10.9 Å². The molecule has 1 aliphatic rings. The van der Waals surface area contributed by atoms with Gasteiger partial charge in [0.15, 0.2) is 0 Å². The average molecular weight is 504 g/mol. The smallest absolute Gasteiger partial charge is 0.264 e. The third-order valence-electron chi connectivity index (χ3n) is 5.26. The molecule has 0 saturated heterocycles. The Bertz CT molecular complexity index is 1140. The van der Waals surface area contributed by atoms with Gasteiger partial charge in [0, 0.05) is 22.5 Å². The SMILES string of the molecule is CNC(O)c1ccc(C2=CN(S(=O)(=O)c3ccc(C)cc3)C(C)/C2=C\C(Br)=C/N)cc1. The normalized spacial score (nSPS) is 19.6. The first-order chi connectivity index (χ1) is 14.7. The van der Waals surface area contributed by atoms with E-state index in [1.54, 1.807) is 37.5 Å². The van der Waals surface area contributed by atoms with Gasteiger partial charge >= 0.3 is 0 Å². The lowest BCUT2D eigenvalue weighted by Crippen LogP contribution is -2.31. The molecule has 0 fully saturated rings. The zero-order chi connectivity index (χ0) is 22.8. The van der Waals surface area contributed by atoms with Crippen molar-refractivity contribution < 1.29 is 13.5 Å². The molecular weight excluding hydrogens is 478 g/mol. The van der Waals surface area contributed by atoms with Crippen molar-refractivity contribution in [3.8, 4) is 0 Å². The molecule has 4 N–H and O–H groups in total. The van der Waals surface area contributed by atoms with Crippen LogP contribution in [0, 0.1) is 6.92 Å². The number of allylic oxidation sites excluding steroid dienone is 2. The first-order valence-corrected chi connectivity index (χ1v) is 12.0. The van der Waals surface area contributed by atoms with E-state index in [-0.39, 0.29) is 4.90 Å². The number of nitrogens with two attached hydrogens (primary N) is 1. The Kier molecular flexibility index (Phi) is 7.06. The van der Waals surface area contributed by atoms with Crippen LogP contribution in [-0.4, -0.2) is 30.9 Å². The minimum Gasteiger partial charge on any atom is -0.404 e. The number of benzene rings is 2. The summed E-state index contributed by atoms with van der Waals surface area (Å²) in [6.45, 7) is 3.76. The second-order valence-corrected chi connectivity index (χ2v) is 10.1. The maximum Gasteiger partial charge on any atom is 0.264 e. The number of aliphatic hydroxyl groups is 1. The third kappa shape index (κ3) is 4.77. The largest absolute Gasteiger partial charge is 0.404 e. The number of halogens is 1. The van der Waals surface area contributed by atoms with Crippen LogP contribution in [0.15, 0.2) is 82.0 Å². The van der Waals surface area contributed by atoms with Crippen molar-refractivity contribution in [2.45, 2.75) is 31.0 Å². The van der Waals surface area contributed by atoms with Gasteiger partial charge in [-0.1, -0.05) is 42.0 Å². The second-order valence-electron chi connectivity index (χ2n) is 7.33. The minimum absolute atomic E-state index is 0.239. The molecule has 0 aliphatic carbocycles. The average Bonchev–Trinajstić information content (AvgIpc) is 3.10. The van der Waals surface area contributed by atoms with E-state index in [0.29, 0.717) is 4.48 Å². The summed E-state index contributed by atoms with van der Waals surface area (Å²) >= 11 is 3.40. The molecule has 1 aliphatic heterocycles. The summed E-state index contributed by atoms with van der Waals surface area (Å²) in [5, 5.41) is 12.8. The maximum absolute atomic E-state index is 13.4. The molecule has 2 unspecified atom stereocenters. The number of nitrogens with one attached hydrogen (secondary N) is 1. The fourth-order valence-electron chi connectivity index (χ4n) is 3.43. The Balaban J connectivity index is 2.09. The fraction of sp³-hybridized carbons (Fsp3) is 0.217. The maximum atomic E-state index is 13.4. The molecule has 2 aromatic rings. The minimum atomic E-state index is -3.75. The van der Waals surface area contributed by atoms with Crippen molar-refractivity contribution in [1.29, 1.82) is 0 Å². The lowest BCUT2D eigenvalue weighted by molar-refractivity contribution is 0.149. The number of hydrogen-bond donors (Lipinski definition) is 3. The van der Waals surface area contributed by atoms with E-state index >= 15 is 0 Å². The molecule has 6 nitrogen and oxygen atoms in total. The zero-order valence-corrected chi connectivity index (χ0v) is 20.0. The number of nitrogens with zero attached hydrogens (tertiary/aromatic N) is 1. The topological polar surface area (TPSA) is 95.7 Å². The van der Waals surface area contributed by atoms with Gasteiger partial charge in [-0.3, -0.25) is 9.62 Å². The van der Waals surface area contributed by atoms with Gasteiger partial charge in [0.1, 0.15) is 6.23 Å². The van der Waals surface area contributed by atoms with Crippen molar-refractivity contribution in [3.63, 3.8) is 0 Å². The van der Waals surface area contributed by atoms with Crippen molar-refractivity contribution >= 4 is 31.5 Å². The molecule has 2 aromatic carbocycles. The van der Waals surface area contributed by atoms with E-state index in [1.807, 2.05) is 44.2 Å². The number of rotatable bonds is 6. The summed E-state index contributed by atoms with van der Waals surface area (Å²) in [6, 6.07) is 13.7. The summed E-state index contributed by atoms with van der Waals surface area (Å²) in [6.07, 6.45) is 4.14. The molecule has 0 spiro atoms. The van der Waals surface area contributed by atoms with Crippen LogP contribution >= 0.6 is 15.9 Å². The predicted molar refractivity (Wildman–Crippen MR) is 127 cm³/mol. The zero-order valence-electron chi connectivity index (χ0n) is 17.6. The highest BCUT2D eigenvalue weighted by molar-refractivity contribution is 9.11. The quantitative estimate of drug-likeness (QED) is 0.521. The Morgan fingerprint density at radius 1 is 1.19 bits per heavy atom. The second kappa shape index (κ2) is 9.40. The molecule has 0 bridgehead atoms. The fourth-order valence-corrected chi connectivity index (χ4v) is 5.18. The molecule has 0 saturated carbocycles. The highest BCUT2D eigenvalue weighted by Crippen LogP contribution is 2.39. The van der Waals surface area contributed by atoms with Crippen LogP contribution in [0.2, 0.25) is 0 Å². The van der Waals surface area contributed by atoms with Gasteiger partial charge in [-0.2, -0.15) is 0 Å². The molecule has 0 radical (unpaired) electrons. The van der Waals surface area contributed by atoms with E-state index in [9.17, 15) is 13.5 Å². The van der Waals surface area contributed by atoms with Crippen LogP contribution in [0.1, 0.15) is 29.8 Å². The van der Waals surface area contributed by atoms with Crippen LogP contribution in [0.5, 0.6) is 0 Å². The van der Waals surface area contributed by atoms with Crippen LogP contribution in [0.4, 0.5) is 0 Å². The van der Waals surface area contributed by atoms with Gasteiger partial charge in [-0.15, -0.1) is 0 Å². The highest BCUT2D eigenvalue weighted by Gasteiger charge is 2.35. The number of aryl methyl sites for hydroxylation is 1. The van der Waals surface area contributed by atoms with Crippen LogP contribution in [0.3, 0.4) is 0 Å². The number of sulfonamides is 1. The Labute approximate surface area is 192 Å². The Hall–Kier alpha value is -2.39. The monoisotopic (exact) mass is 503 g/mol. The summed E-state index contributed by atoms with van der Waals surface area (Å²) in [7, 11) is -2.07. The lowest BCUT2D eigenvalue weighted by Gasteiger charge is -2.23. The summed E-state index contributed by atoms with van der Waals surface area (Å²) in [5.41, 5.74) is 9.76. The molecular formula is C23H26BrN3O3S. The first-order valence-electron chi connectivity index (χ1n) is 9.76. The third-order valence-corrected chi connectivity index (χ3v) is 7.60. The van der Waals surface area contributed by atoms with Gasteiger partial charge in [0.2, 0.25) is 0 Å². The van der Waals surface area contributed by atoms with Crippen LogP contribution in [-0.2, 0) is 10.0 Å². The number of hydrogen-bond acceptors (Lipinski definition) is 5. The Morgan fingerprint density at radius 3 is 2.35 bits per heavy atom. The van der Waals surface area contributed by atoms with Crippen molar-refractivity contribution in [1.82, 2.24) is 9.62 Å². The highest BCUT2D eigenvalue weighted by atomic mass is 79.9. The van der Waals surface area contributed by atoms with Gasteiger partial charge in [-0.25, -0.2) is 8.42 Å². The molecule has 31 heavy (non-hydrogen) atoms. The van der Waals surface area contributed by atoms with E-state index < -0.39 is 22.3 Å². The molecule has 2 atom stereocenters. The molecule has 0 amide bonds. The molecule has 8 heteroatoms. The lowest BCUT2D eigenvalue weighted by atomic mass is 9.95. The van der Waals surface area contributed by atoms with Gasteiger partial charge < -0.3 is 10.8 Å². The van der Waals surface area contributed by atoms with Gasteiger partial charge in [-0.05, 0) is 71.7 Å². The van der Waals surface area contributed by atoms with Crippen LogP contribution in [0.25, 0.3) is 5.57 Å². The predicted octanol–water partition coefficient (Wildman–Crippen LogP) is 3.76. The molecule has 0 aromatic heterocycles. The Morgan fingerprint density at radius 2 is 1.81 bits per heavy atom. The molecule has 1 heterocycles. The molecule has 164 valence electrons. The van der Waals surface area contributed by atoms with Crippen LogP contribution < -0.4 is 11.1 Å². The summed E-state index contributed by atoms with van der Waals surface area (Å²) in [4.78, 5) is 0.239. The van der Waals surface area contributed by atoms with E-state index in [0.717, 1.165) is 27.8 Å². The standard InChI is InChI=1S/C23H26BrN3O3S/c1-15-4-10-20(11-5-15)31(29,30)27-14-22(21(16(27)2)12-19(24)13-25)17-6-8-18(9-7-17)23(28)26-3/h4-14,16,23,26,28H,25H2,1-3H3/b19-13+,21-12+. The van der Waals surface area contributed by atoms with Crippen molar-refractivity contribution in [2.75, 3.05) is 7.05 Å². The summed E-state index contributed by atoms with van der Waals surface area (Å²) < 4.78 is 28.8. The first kappa shape index (κ1) is 23.3. The van der Waals surface area contributed by atoms with Gasteiger partial charge in [0.25, 0.3) is 10.0 Å². The molecule has 3 rings (SSSR count). The summed E-state index contributed by atoms with van der Waals surface area (Å²) in [5.74, 6) is 0. The van der Waals surface area contributed by atoms with E-state index in [4.69, 9.17) is 5.73 Å². The van der Waals surface area contributed by atoms with E-state index in [1.165, 1.54) is 10.5 Å². The number of aliphatic hydroxyl groups excluding tert-OH is 1. The van der Waals surface area contributed by atoms with E-state index in [2.05, 4.69) is 21.2 Å².